The molecule has 0 saturated carbocycles. The molecule has 2 aromatic rings. The second-order valence-electron chi connectivity index (χ2n) is 4.33. The fourth-order valence-electron chi connectivity index (χ4n) is 1.85. The van der Waals surface area contributed by atoms with Crippen LogP contribution in [-0.2, 0) is 0 Å². The van der Waals surface area contributed by atoms with Crippen molar-refractivity contribution in [1.82, 2.24) is 0 Å². The fourth-order valence-corrected chi connectivity index (χ4v) is 1.85. The first kappa shape index (κ1) is 12.2. The summed E-state index contributed by atoms with van der Waals surface area (Å²) >= 11 is 0. The average molecular weight is 243 g/mol. The third-order valence-electron chi connectivity index (χ3n) is 3.01. The number of nitrogens with two attached hydrogens (primary N) is 1. The first-order chi connectivity index (χ1) is 8.72. The van der Waals surface area contributed by atoms with Crippen molar-refractivity contribution >= 4 is 22.3 Å². The zero-order valence-electron chi connectivity index (χ0n) is 10.3. The van der Waals surface area contributed by atoms with E-state index in [9.17, 15) is 0 Å². The quantitative estimate of drug-likeness (QED) is 0.334. The molecule has 0 spiro atoms. The van der Waals surface area contributed by atoms with E-state index in [1.807, 2.05) is 31.2 Å². The Hall–Kier alpha value is -2.23. The molecule has 0 bridgehead atoms. The second kappa shape index (κ2) is 5.40. The highest BCUT2D eigenvalue weighted by molar-refractivity contribution is 5.94. The zero-order valence-corrected chi connectivity index (χ0v) is 10.3. The molecule has 1 unspecified atom stereocenters. The van der Waals surface area contributed by atoms with Crippen LogP contribution in [0.15, 0.2) is 47.6 Å². The summed E-state index contributed by atoms with van der Waals surface area (Å²) in [6.45, 7) is 2.54. The van der Waals surface area contributed by atoms with Gasteiger partial charge in [-0.2, -0.15) is 0 Å². The molecular weight excluding hydrogens is 226 g/mol. The number of benzene rings is 2. The number of amidine groups is 1. The number of nitrogens with one attached hydrogen (secondary N) is 1. The lowest BCUT2D eigenvalue weighted by Gasteiger charge is -2.13. The minimum absolute atomic E-state index is 0.0195. The van der Waals surface area contributed by atoms with Crippen molar-refractivity contribution in [2.45, 2.75) is 6.92 Å². The van der Waals surface area contributed by atoms with E-state index >= 15 is 0 Å². The molecule has 0 aliphatic carbocycles. The van der Waals surface area contributed by atoms with E-state index in [4.69, 9.17) is 10.9 Å². The number of oxime groups is 1. The lowest BCUT2D eigenvalue weighted by atomic mass is 10.1. The number of hydrogen-bond acceptors (Lipinski definition) is 3. The van der Waals surface area contributed by atoms with Crippen LogP contribution in [-0.4, -0.2) is 17.6 Å². The minimum atomic E-state index is -0.0195. The van der Waals surface area contributed by atoms with Gasteiger partial charge in [0.2, 0.25) is 0 Å². The smallest absolute Gasteiger partial charge is 0.143 e. The topological polar surface area (TPSA) is 70.6 Å². The average Bonchev–Trinajstić information content (AvgIpc) is 2.43. The van der Waals surface area contributed by atoms with E-state index in [0.717, 1.165) is 5.69 Å². The van der Waals surface area contributed by atoms with Crippen LogP contribution in [0.25, 0.3) is 10.8 Å². The van der Waals surface area contributed by atoms with Gasteiger partial charge in [0, 0.05) is 23.5 Å². The predicted octanol–water partition coefficient (Wildman–Crippen LogP) is 2.63. The van der Waals surface area contributed by atoms with Gasteiger partial charge >= 0.3 is 0 Å². The van der Waals surface area contributed by atoms with E-state index < -0.39 is 0 Å². The van der Waals surface area contributed by atoms with Crippen molar-refractivity contribution in [3.05, 3.63) is 42.5 Å². The SMILES string of the molecule is CC(CNc1cccc2ccccc12)C(N)=NO. The molecule has 2 aromatic carbocycles. The Morgan fingerprint density at radius 3 is 2.78 bits per heavy atom. The number of rotatable bonds is 4. The molecule has 0 heterocycles. The van der Waals surface area contributed by atoms with E-state index in [2.05, 4.69) is 28.7 Å². The molecule has 1 atom stereocenters. The summed E-state index contributed by atoms with van der Waals surface area (Å²) in [7, 11) is 0. The Bertz CT molecular complexity index is 560. The normalized spacial score (nSPS) is 13.5. The molecule has 0 saturated heterocycles. The monoisotopic (exact) mass is 243 g/mol. The Labute approximate surface area is 106 Å². The fraction of sp³-hybridized carbons (Fsp3) is 0.214. The molecule has 0 aliphatic rings. The maximum atomic E-state index is 8.61. The Morgan fingerprint density at radius 2 is 2.00 bits per heavy atom. The van der Waals surface area contributed by atoms with Crippen LogP contribution in [0.4, 0.5) is 5.69 Å². The Morgan fingerprint density at radius 1 is 1.28 bits per heavy atom. The van der Waals surface area contributed by atoms with Gasteiger partial charge in [0.25, 0.3) is 0 Å². The Balaban J connectivity index is 2.17. The highest BCUT2D eigenvalue weighted by Crippen LogP contribution is 2.22. The summed E-state index contributed by atoms with van der Waals surface area (Å²) in [4.78, 5) is 0. The van der Waals surface area contributed by atoms with Gasteiger partial charge in [-0.15, -0.1) is 0 Å². The van der Waals surface area contributed by atoms with Crippen molar-refractivity contribution in [1.29, 1.82) is 0 Å². The molecule has 0 amide bonds. The maximum Gasteiger partial charge on any atom is 0.143 e. The van der Waals surface area contributed by atoms with Gasteiger partial charge < -0.3 is 16.3 Å². The van der Waals surface area contributed by atoms with Crippen LogP contribution < -0.4 is 11.1 Å². The van der Waals surface area contributed by atoms with Crippen molar-refractivity contribution in [3.63, 3.8) is 0 Å². The van der Waals surface area contributed by atoms with Crippen LogP contribution in [0.2, 0.25) is 0 Å². The summed E-state index contributed by atoms with van der Waals surface area (Å²) in [6.07, 6.45) is 0. The molecule has 2 rings (SSSR count). The molecule has 0 fully saturated rings. The van der Waals surface area contributed by atoms with E-state index in [1.165, 1.54) is 10.8 Å². The highest BCUT2D eigenvalue weighted by Gasteiger charge is 2.08. The van der Waals surface area contributed by atoms with Crippen molar-refractivity contribution in [3.8, 4) is 0 Å². The van der Waals surface area contributed by atoms with Gasteiger partial charge in [0.05, 0.1) is 0 Å². The van der Waals surface area contributed by atoms with E-state index in [-0.39, 0.29) is 11.8 Å². The first-order valence-electron chi connectivity index (χ1n) is 5.91. The predicted molar refractivity (Wildman–Crippen MR) is 75.0 cm³/mol. The van der Waals surface area contributed by atoms with Crippen molar-refractivity contribution < 1.29 is 5.21 Å². The molecule has 4 heteroatoms. The maximum absolute atomic E-state index is 8.61. The summed E-state index contributed by atoms with van der Waals surface area (Å²) in [5.74, 6) is 0.219. The summed E-state index contributed by atoms with van der Waals surface area (Å²) < 4.78 is 0. The van der Waals surface area contributed by atoms with Gasteiger partial charge in [0.15, 0.2) is 0 Å². The van der Waals surface area contributed by atoms with Crippen LogP contribution in [0.1, 0.15) is 6.92 Å². The summed E-state index contributed by atoms with van der Waals surface area (Å²) in [5.41, 5.74) is 6.61. The molecule has 4 N–H and O–H groups in total. The lowest BCUT2D eigenvalue weighted by molar-refractivity contribution is 0.315. The number of nitrogens with zero attached hydrogens (tertiary/aromatic N) is 1. The summed E-state index contributed by atoms with van der Waals surface area (Å²) in [5, 5.41) is 17.3. The molecule has 18 heavy (non-hydrogen) atoms. The van der Waals surface area contributed by atoms with Gasteiger partial charge in [-0.05, 0) is 11.5 Å². The highest BCUT2D eigenvalue weighted by atomic mass is 16.4. The largest absolute Gasteiger partial charge is 0.409 e. The van der Waals surface area contributed by atoms with Gasteiger partial charge in [-0.1, -0.05) is 48.5 Å². The van der Waals surface area contributed by atoms with Crippen molar-refractivity contribution in [2.24, 2.45) is 16.8 Å². The molecule has 0 radical (unpaired) electrons. The van der Waals surface area contributed by atoms with Gasteiger partial charge in [-0.25, -0.2) is 0 Å². The third kappa shape index (κ3) is 2.53. The first-order valence-corrected chi connectivity index (χ1v) is 5.91. The molecular formula is C14H17N3O. The molecule has 0 aliphatic heterocycles. The van der Waals surface area contributed by atoms with Crippen LogP contribution >= 0.6 is 0 Å². The van der Waals surface area contributed by atoms with E-state index in [0.29, 0.717) is 6.54 Å². The standard InChI is InChI=1S/C14H17N3O/c1-10(14(15)17-18)9-16-13-8-4-6-11-5-2-3-7-12(11)13/h2-8,10,16,18H,9H2,1H3,(H2,15,17). The van der Waals surface area contributed by atoms with Crippen LogP contribution in [0.5, 0.6) is 0 Å². The second-order valence-corrected chi connectivity index (χ2v) is 4.33. The van der Waals surface area contributed by atoms with Gasteiger partial charge in [-0.3, -0.25) is 0 Å². The summed E-state index contributed by atoms with van der Waals surface area (Å²) in [6, 6.07) is 14.3. The minimum Gasteiger partial charge on any atom is -0.409 e. The number of anilines is 1. The lowest BCUT2D eigenvalue weighted by Crippen LogP contribution is -2.27. The van der Waals surface area contributed by atoms with Crippen LogP contribution in [0.3, 0.4) is 0 Å². The van der Waals surface area contributed by atoms with Crippen molar-refractivity contribution in [2.75, 3.05) is 11.9 Å². The zero-order chi connectivity index (χ0) is 13.0. The number of fused-ring (bicyclic) bond motifs is 1. The Kier molecular flexibility index (Phi) is 3.67. The third-order valence-corrected chi connectivity index (χ3v) is 3.01. The molecule has 0 aromatic heterocycles. The van der Waals surface area contributed by atoms with E-state index in [1.54, 1.807) is 0 Å². The molecule has 94 valence electrons. The number of hydrogen-bond donors (Lipinski definition) is 3. The van der Waals surface area contributed by atoms with Gasteiger partial charge in [0.1, 0.15) is 5.84 Å². The molecule has 4 nitrogen and oxygen atoms in total. The van der Waals surface area contributed by atoms with Crippen LogP contribution in [0, 0.1) is 5.92 Å².